The predicted octanol–water partition coefficient (Wildman–Crippen LogP) is 4.26. The lowest BCUT2D eigenvalue weighted by molar-refractivity contribution is -0.141. The number of amides is 2. The van der Waals surface area contributed by atoms with Gasteiger partial charge in [-0.3, -0.25) is 9.59 Å². The molecule has 2 amide bonds. The number of nitrogens with zero attached hydrogens (tertiary/aromatic N) is 1. The third-order valence-electron chi connectivity index (χ3n) is 7.82. The average molecular weight is 477 g/mol. The first kappa shape index (κ1) is 23.4. The summed E-state index contributed by atoms with van der Waals surface area (Å²) in [6.07, 6.45) is 2.27. The van der Waals surface area contributed by atoms with E-state index < -0.39 is 12.1 Å². The molecule has 2 aliphatic carbocycles. The molecule has 2 aromatic carbocycles. The number of alkyl carbamates (subject to hydrolysis) is 1. The summed E-state index contributed by atoms with van der Waals surface area (Å²) in [6.45, 7) is 3.32. The lowest BCUT2D eigenvalue weighted by atomic mass is 9.98. The van der Waals surface area contributed by atoms with E-state index in [1.807, 2.05) is 24.3 Å². The molecule has 7 nitrogen and oxygen atoms in total. The maximum absolute atomic E-state index is 12.9. The van der Waals surface area contributed by atoms with E-state index in [4.69, 9.17) is 4.74 Å². The maximum Gasteiger partial charge on any atom is 0.407 e. The largest absolute Gasteiger partial charge is 0.481 e. The van der Waals surface area contributed by atoms with Crippen LogP contribution in [0.2, 0.25) is 0 Å². The summed E-state index contributed by atoms with van der Waals surface area (Å²) in [5, 5.41) is 12.1. The van der Waals surface area contributed by atoms with Crippen molar-refractivity contribution in [3.8, 4) is 11.1 Å². The fourth-order valence-electron chi connectivity index (χ4n) is 5.92. The maximum atomic E-state index is 12.9. The fourth-order valence-corrected chi connectivity index (χ4v) is 5.92. The third-order valence-corrected chi connectivity index (χ3v) is 7.82. The highest BCUT2D eigenvalue weighted by Crippen LogP contribution is 2.51. The van der Waals surface area contributed by atoms with Crippen molar-refractivity contribution in [2.45, 2.75) is 44.6 Å². The Balaban J connectivity index is 1.17. The Morgan fingerprint density at radius 1 is 1.03 bits per heavy atom. The van der Waals surface area contributed by atoms with Crippen LogP contribution in [0.15, 0.2) is 48.5 Å². The molecule has 1 saturated carbocycles. The molecule has 2 fully saturated rings. The van der Waals surface area contributed by atoms with Crippen molar-refractivity contribution in [1.29, 1.82) is 0 Å². The highest BCUT2D eigenvalue weighted by atomic mass is 16.5. The number of carboxylic acids is 1. The molecule has 0 bridgehead atoms. The molecular weight excluding hydrogens is 444 g/mol. The number of hydrogen-bond donors (Lipinski definition) is 2. The quantitative estimate of drug-likeness (QED) is 0.564. The van der Waals surface area contributed by atoms with Crippen molar-refractivity contribution < 1.29 is 24.2 Å². The highest BCUT2D eigenvalue weighted by molar-refractivity contribution is 5.81. The molecule has 2 aromatic rings. The lowest BCUT2D eigenvalue weighted by Gasteiger charge is -2.24. The lowest BCUT2D eigenvalue weighted by Crippen LogP contribution is -2.41. The van der Waals surface area contributed by atoms with Crippen LogP contribution in [-0.4, -0.2) is 53.7 Å². The van der Waals surface area contributed by atoms with E-state index in [2.05, 4.69) is 36.5 Å². The normalized spacial score (nSPS) is 22.7. The van der Waals surface area contributed by atoms with Gasteiger partial charge in [0.05, 0.1) is 5.92 Å². The number of piperidine rings is 1. The Bertz CT molecular complexity index is 1070. The standard InChI is InChI=1S/C28H32N2O5/c1-2-3-8-17(13-25(31)30-14-22-23(15-30)26(22)27(32)33)29-28(34)35-16-24-20-11-6-4-9-18(20)19-10-5-7-12-21(19)24/h4-7,9-12,17,22-24,26H,2-3,8,13-16H2,1H3,(H,29,34)(H,32,33)/t17-,22-,23+,26?/m1/s1. The molecular formula is C28H32N2O5. The number of fused-ring (bicyclic) bond motifs is 4. The van der Waals surface area contributed by atoms with E-state index in [9.17, 15) is 19.5 Å². The molecule has 0 radical (unpaired) electrons. The first-order valence-electron chi connectivity index (χ1n) is 12.6. The van der Waals surface area contributed by atoms with Crippen LogP contribution in [0.25, 0.3) is 11.1 Å². The van der Waals surface area contributed by atoms with Crippen molar-refractivity contribution in [3.05, 3.63) is 59.7 Å². The van der Waals surface area contributed by atoms with Crippen LogP contribution in [0, 0.1) is 17.8 Å². The second kappa shape index (κ2) is 9.72. The molecule has 3 aliphatic rings. The first-order chi connectivity index (χ1) is 17.0. The van der Waals surface area contributed by atoms with Crippen LogP contribution < -0.4 is 5.32 Å². The predicted molar refractivity (Wildman–Crippen MR) is 131 cm³/mol. The number of benzene rings is 2. The first-order valence-corrected chi connectivity index (χ1v) is 12.6. The third kappa shape index (κ3) is 4.64. The number of likely N-dealkylation sites (tertiary alicyclic amines) is 1. The number of carbonyl (C=O) groups is 3. The molecule has 7 heteroatoms. The molecule has 184 valence electrons. The second-order valence-electron chi connectivity index (χ2n) is 10.0. The van der Waals surface area contributed by atoms with E-state index in [0.717, 1.165) is 24.0 Å². The zero-order valence-electron chi connectivity index (χ0n) is 20.0. The van der Waals surface area contributed by atoms with Gasteiger partial charge in [-0.25, -0.2) is 4.79 Å². The highest BCUT2D eigenvalue weighted by Gasteiger charge is 2.60. The molecule has 35 heavy (non-hydrogen) atoms. The molecule has 0 aromatic heterocycles. The van der Waals surface area contributed by atoms with Gasteiger partial charge in [-0.15, -0.1) is 0 Å². The molecule has 1 unspecified atom stereocenters. The minimum absolute atomic E-state index is 0.0117. The number of carboxylic acid groups (broad SMARTS) is 1. The number of ether oxygens (including phenoxy) is 1. The van der Waals surface area contributed by atoms with Crippen LogP contribution >= 0.6 is 0 Å². The summed E-state index contributed by atoms with van der Waals surface area (Å²) in [7, 11) is 0. The number of nitrogens with one attached hydrogen (secondary N) is 1. The average Bonchev–Trinajstić information content (AvgIpc) is 3.20. The summed E-state index contributed by atoms with van der Waals surface area (Å²) >= 11 is 0. The zero-order chi connectivity index (χ0) is 24.5. The van der Waals surface area contributed by atoms with Crippen molar-refractivity contribution in [3.63, 3.8) is 0 Å². The van der Waals surface area contributed by atoms with Gasteiger partial charge in [0.2, 0.25) is 5.91 Å². The van der Waals surface area contributed by atoms with E-state index in [-0.39, 0.29) is 48.6 Å². The fraction of sp³-hybridized carbons (Fsp3) is 0.464. The van der Waals surface area contributed by atoms with Gasteiger partial charge in [-0.05, 0) is 40.5 Å². The van der Waals surface area contributed by atoms with Gasteiger partial charge in [0, 0.05) is 31.5 Å². The van der Waals surface area contributed by atoms with Crippen molar-refractivity contribution in [2.75, 3.05) is 19.7 Å². The summed E-state index contributed by atoms with van der Waals surface area (Å²) < 4.78 is 5.68. The van der Waals surface area contributed by atoms with Gasteiger partial charge >= 0.3 is 12.1 Å². The Morgan fingerprint density at radius 3 is 2.20 bits per heavy atom. The topological polar surface area (TPSA) is 95.9 Å². The molecule has 1 aliphatic heterocycles. The van der Waals surface area contributed by atoms with Crippen LogP contribution in [0.1, 0.15) is 49.7 Å². The molecule has 1 heterocycles. The van der Waals surface area contributed by atoms with E-state index in [1.165, 1.54) is 11.1 Å². The van der Waals surface area contributed by atoms with Gasteiger partial charge in [-0.2, -0.15) is 0 Å². The zero-order valence-corrected chi connectivity index (χ0v) is 20.0. The monoisotopic (exact) mass is 476 g/mol. The van der Waals surface area contributed by atoms with E-state index in [1.54, 1.807) is 4.90 Å². The van der Waals surface area contributed by atoms with E-state index in [0.29, 0.717) is 19.5 Å². The Morgan fingerprint density at radius 2 is 1.63 bits per heavy atom. The number of hydrogen-bond acceptors (Lipinski definition) is 4. The molecule has 5 rings (SSSR count). The Kier molecular flexibility index (Phi) is 6.50. The number of rotatable bonds is 9. The molecule has 0 spiro atoms. The molecule has 2 N–H and O–H groups in total. The van der Waals surface area contributed by atoms with Crippen LogP contribution in [0.4, 0.5) is 4.79 Å². The minimum atomic E-state index is -0.759. The van der Waals surface area contributed by atoms with Crippen LogP contribution in [0.3, 0.4) is 0 Å². The summed E-state index contributed by atoms with van der Waals surface area (Å²) in [5.74, 6) is -0.927. The summed E-state index contributed by atoms with van der Waals surface area (Å²) in [4.78, 5) is 38.6. The van der Waals surface area contributed by atoms with Crippen molar-refractivity contribution in [2.24, 2.45) is 17.8 Å². The number of aliphatic carboxylic acids is 1. The van der Waals surface area contributed by atoms with Gasteiger partial charge in [0.1, 0.15) is 6.61 Å². The summed E-state index contributed by atoms with van der Waals surface area (Å²) in [6, 6.07) is 16.1. The van der Waals surface area contributed by atoms with Crippen LogP contribution in [0.5, 0.6) is 0 Å². The number of unbranched alkanes of at least 4 members (excludes halogenated alkanes) is 1. The Hall–Kier alpha value is -3.35. The van der Waals surface area contributed by atoms with Crippen LogP contribution in [-0.2, 0) is 14.3 Å². The number of carbonyl (C=O) groups excluding carboxylic acids is 2. The van der Waals surface area contributed by atoms with E-state index >= 15 is 0 Å². The Labute approximate surface area is 205 Å². The van der Waals surface area contributed by atoms with Gasteiger partial charge in [-0.1, -0.05) is 68.3 Å². The van der Waals surface area contributed by atoms with Crippen molar-refractivity contribution >= 4 is 18.0 Å². The molecule has 1 saturated heterocycles. The van der Waals surface area contributed by atoms with Gasteiger partial charge in [0.15, 0.2) is 0 Å². The molecule has 4 atom stereocenters. The second-order valence-corrected chi connectivity index (χ2v) is 10.0. The smallest absolute Gasteiger partial charge is 0.407 e. The summed E-state index contributed by atoms with van der Waals surface area (Å²) in [5.41, 5.74) is 4.67. The SMILES string of the molecule is CCCC[C@H](CC(=O)N1C[C@@H]2C(C(=O)O)[C@@H]2C1)NC(=O)OCC1c2ccccc2-c2ccccc21. The van der Waals surface area contributed by atoms with Crippen molar-refractivity contribution in [1.82, 2.24) is 10.2 Å². The van der Waals surface area contributed by atoms with Gasteiger partial charge < -0.3 is 20.1 Å². The minimum Gasteiger partial charge on any atom is -0.481 e. The van der Waals surface area contributed by atoms with Gasteiger partial charge in [0.25, 0.3) is 0 Å².